The topological polar surface area (TPSA) is 92.7 Å². The van der Waals surface area contributed by atoms with Crippen LogP contribution in [0.1, 0.15) is 36.5 Å². The number of carbonyl (C=O) groups excluding carboxylic acids is 2. The Bertz CT molecular complexity index is 481. The van der Waals surface area contributed by atoms with Crippen molar-refractivity contribution in [1.82, 2.24) is 0 Å². The molecule has 0 fully saturated rings. The Balaban J connectivity index is 2.53. The van der Waals surface area contributed by atoms with Gasteiger partial charge in [-0.1, -0.05) is 13.3 Å². The number of ether oxygens (including phenoxy) is 1. The van der Waals surface area contributed by atoms with Crippen molar-refractivity contribution < 1.29 is 24.2 Å². The molecule has 0 aromatic heterocycles. The van der Waals surface area contributed by atoms with Gasteiger partial charge in [0.2, 0.25) is 5.91 Å². The number of benzene rings is 1. The van der Waals surface area contributed by atoms with Crippen LogP contribution >= 0.6 is 0 Å². The molecule has 0 radical (unpaired) electrons. The molecule has 0 atom stereocenters. The Morgan fingerprint density at radius 3 is 2.40 bits per heavy atom. The molecule has 0 bridgehead atoms. The van der Waals surface area contributed by atoms with E-state index in [0.717, 1.165) is 12.8 Å². The van der Waals surface area contributed by atoms with Crippen LogP contribution in [-0.4, -0.2) is 29.6 Å². The highest BCUT2D eigenvalue weighted by molar-refractivity contribution is 6.01. The Kier molecular flexibility index (Phi) is 6.22. The molecular weight excluding hydrogens is 262 g/mol. The Hall–Kier alpha value is -2.37. The first-order chi connectivity index (χ1) is 9.52. The number of anilines is 1. The maximum absolute atomic E-state index is 11.6. The van der Waals surface area contributed by atoms with Crippen LogP contribution in [0.15, 0.2) is 24.3 Å². The van der Waals surface area contributed by atoms with Gasteiger partial charge in [-0.25, -0.2) is 4.79 Å². The second-order valence-electron chi connectivity index (χ2n) is 4.19. The number of unbranched alkanes of at least 4 members (excludes halogenated alkanes) is 1. The quantitative estimate of drug-likeness (QED) is 0.452. The van der Waals surface area contributed by atoms with Crippen LogP contribution in [0, 0.1) is 0 Å². The van der Waals surface area contributed by atoms with Gasteiger partial charge >= 0.3 is 11.9 Å². The predicted molar refractivity (Wildman–Crippen MR) is 72.5 cm³/mol. The van der Waals surface area contributed by atoms with Crippen molar-refractivity contribution in [1.29, 1.82) is 0 Å². The van der Waals surface area contributed by atoms with Gasteiger partial charge in [-0.15, -0.1) is 0 Å². The Labute approximate surface area is 116 Å². The molecule has 20 heavy (non-hydrogen) atoms. The molecule has 2 N–H and O–H groups in total. The smallest absolute Gasteiger partial charge is 0.338 e. The SMILES string of the molecule is CCCCOC(=O)c1ccc(NC(=O)CC(=O)O)cc1. The van der Waals surface area contributed by atoms with Gasteiger partial charge < -0.3 is 15.2 Å². The molecule has 6 heteroatoms. The number of esters is 1. The number of nitrogens with one attached hydrogen (secondary N) is 1. The second kappa shape index (κ2) is 7.93. The third-order valence-electron chi connectivity index (χ3n) is 2.45. The first-order valence-electron chi connectivity index (χ1n) is 6.31. The van der Waals surface area contributed by atoms with Gasteiger partial charge in [-0.05, 0) is 30.7 Å². The molecule has 6 nitrogen and oxygen atoms in total. The zero-order valence-corrected chi connectivity index (χ0v) is 11.2. The maximum Gasteiger partial charge on any atom is 0.338 e. The lowest BCUT2D eigenvalue weighted by Gasteiger charge is -2.06. The van der Waals surface area contributed by atoms with Gasteiger partial charge in [0.25, 0.3) is 0 Å². The first kappa shape index (κ1) is 15.7. The van der Waals surface area contributed by atoms with E-state index in [-0.39, 0.29) is 0 Å². The third kappa shape index (κ3) is 5.51. The molecule has 0 aliphatic carbocycles. The van der Waals surface area contributed by atoms with Gasteiger partial charge in [0.15, 0.2) is 0 Å². The fourth-order valence-electron chi connectivity index (χ4n) is 1.42. The van der Waals surface area contributed by atoms with E-state index in [1.165, 1.54) is 24.3 Å². The van der Waals surface area contributed by atoms with Crippen molar-refractivity contribution in [3.05, 3.63) is 29.8 Å². The average molecular weight is 279 g/mol. The molecule has 1 rings (SSSR count). The van der Waals surface area contributed by atoms with Crippen LogP contribution in [0.4, 0.5) is 5.69 Å². The summed E-state index contributed by atoms with van der Waals surface area (Å²) >= 11 is 0. The van der Waals surface area contributed by atoms with Crippen molar-refractivity contribution >= 4 is 23.5 Å². The molecule has 0 spiro atoms. The van der Waals surface area contributed by atoms with Crippen LogP contribution in [0.2, 0.25) is 0 Å². The third-order valence-corrected chi connectivity index (χ3v) is 2.45. The summed E-state index contributed by atoms with van der Waals surface area (Å²) in [6.07, 6.45) is 1.16. The van der Waals surface area contributed by atoms with Crippen molar-refractivity contribution in [2.24, 2.45) is 0 Å². The number of carboxylic acid groups (broad SMARTS) is 1. The summed E-state index contributed by atoms with van der Waals surface area (Å²) in [4.78, 5) is 33.2. The highest BCUT2D eigenvalue weighted by Crippen LogP contribution is 2.11. The first-order valence-corrected chi connectivity index (χ1v) is 6.31. The normalized spacial score (nSPS) is 9.85. The molecule has 1 aromatic carbocycles. The van der Waals surface area contributed by atoms with Crippen LogP contribution < -0.4 is 5.32 Å². The number of carbonyl (C=O) groups is 3. The molecule has 0 aliphatic rings. The zero-order valence-electron chi connectivity index (χ0n) is 11.2. The van der Waals surface area contributed by atoms with Crippen LogP contribution in [0.25, 0.3) is 0 Å². The van der Waals surface area contributed by atoms with E-state index in [2.05, 4.69) is 5.32 Å². The van der Waals surface area contributed by atoms with E-state index in [1.54, 1.807) is 0 Å². The van der Waals surface area contributed by atoms with E-state index in [1.807, 2.05) is 6.92 Å². The number of carboxylic acids is 1. The average Bonchev–Trinajstić information content (AvgIpc) is 2.38. The van der Waals surface area contributed by atoms with Crippen molar-refractivity contribution in [2.45, 2.75) is 26.2 Å². The molecule has 0 saturated heterocycles. The molecule has 0 aliphatic heterocycles. The number of amides is 1. The van der Waals surface area contributed by atoms with Crippen LogP contribution in [0.3, 0.4) is 0 Å². The summed E-state index contributed by atoms with van der Waals surface area (Å²) in [5.74, 6) is -2.23. The van der Waals surface area contributed by atoms with Crippen molar-refractivity contribution in [3.8, 4) is 0 Å². The Morgan fingerprint density at radius 2 is 1.85 bits per heavy atom. The summed E-state index contributed by atoms with van der Waals surface area (Å²) < 4.78 is 5.04. The van der Waals surface area contributed by atoms with E-state index < -0.39 is 24.3 Å². The fourth-order valence-corrected chi connectivity index (χ4v) is 1.42. The summed E-state index contributed by atoms with van der Waals surface area (Å²) in [5.41, 5.74) is 0.818. The number of aliphatic carboxylic acids is 1. The lowest BCUT2D eigenvalue weighted by Crippen LogP contribution is -2.16. The molecule has 1 aromatic rings. The van der Waals surface area contributed by atoms with Gasteiger partial charge in [0.1, 0.15) is 6.42 Å². The van der Waals surface area contributed by atoms with Gasteiger partial charge in [-0.2, -0.15) is 0 Å². The monoisotopic (exact) mass is 279 g/mol. The summed E-state index contributed by atoms with van der Waals surface area (Å²) in [7, 11) is 0. The molecule has 0 heterocycles. The van der Waals surface area contributed by atoms with E-state index in [4.69, 9.17) is 9.84 Å². The predicted octanol–water partition coefficient (Wildman–Crippen LogP) is 2.06. The molecule has 108 valence electrons. The van der Waals surface area contributed by atoms with Crippen molar-refractivity contribution in [3.63, 3.8) is 0 Å². The molecule has 1 amide bonds. The Morgan fingerprint density at radius 1 is 1.20 bits per heavy atom. The van der Waals surface area contributed by atoms with Crippen LogP contribution in [0.5, 0.6) is 0 Å². The fraction of sp³-hybridized carbons (Fsp3) is 0.357. The summed E-state index contributed by atoms with van der Waals surface area (Å²) in [6, 6.07) is 6.08. The standard InChI is InChI=1S/C14H17NO5/c1-2-3-8-20-14(19)10-4-6-11(7-5-10)15-12(16)9-13(17)18/h4-7H,2-3,8-9H2,1H3,(H,15,16)(H,17,18). The van der Waals surface area contributed by atoms with Gasteiger partial charge in [0.05, 0.1) is 12.2 Å². The van der Waals surface area contributed by atoms with E-state index in [0.29, 0.717) is 17.9 Å². The van der Waals surface area contributed by atoms with E-state index in [9.17, 15) is 14.4 Å². The zero-order chi connectivity index (χ0) is 15.0. The number of rotatable bonds is 7. The molecule has 0 unspecified atom stereocenters. The minimum absolute atomic E-state index is 0.381. The maximum atomic E-state index is 11.6. The highest BCUT2D eigenvalue weighted by Gasteiger charge is 2.09. The minimum Gasteiger partial charge on any atom is -0.481 e. The summed E-state index contributed by atoms with van der Waals surface area (Å²) in [6.45, 7) is 2.38. The highest BCUT2D eigenvalue weighted by atomic mass is 16.5. The summed E-state index contributed by atoms with van der Waals surface area (Å²) in [5, 5.41) is 10.9. The lowest BCUT2D eigenvalue weighted by atomic mass is 10.2. The van der Waals surface area contributed by atoms with Gasteiger partial charge in [0, 0.05) is 5.69 Å². The van der Waals surface area contributed by atoms with E-state index >= 15 is 0 Å². The largest absolute Gasteiger partial charge is 0.481 e. The van der Waals surface area contributed by atoms with Gasteiger partial charge in [-0.3, -0.25) is 9.59 Å². The lowest BCUT2D eigenvalue weighted by molar-refractivity contribution is -0.139. The number of hydrogen-bond donors (Lipinski definition) is 2. The second-order valence-corrected chi connectivity index (χ2v) is 4.19. The molecular formula is C14H17NO5. The minimum atomic E-state index is -1.20. The van der Waals surface area contributed by atoms with Crippen LogP contribution in [-0.2, 0) is 14.3 Å². The number of hydrogen-bond acceptors (Lipinski definition) is 4. The molecule has 0 saturated carbocycles. The van der Waals surface area contributed by atoms with Crippen molar-refractivity contribution in [2.75, 3.05) is 11.9 Å².